The molecular weight excluding hydrogens is 270 g/mol. The van der Waals surface area contributed by atoms with E-state index in [1.807, 2.05) is 0 Å². The molecule has 0 bridgehead atoms. The molecular formula is C7H6BrN3O2S. The number of hydrogen-bond donors (Lipinski definition) is 2. The number of H-pyrrole nitrogens is 1. The maximum Gasteiger partial charge on any atom is 0.255 e. The molecule has 0 aliphatic carbocycles. The summed E-state index contributed by atoms with van der Waals surface area (Å²) in [5, 5.41) is 11.7. The SMILES string of the molecule is NS(=O)(=O)c1[nH]nc2cc(Br)ccc12. The number of halogens is 1. The van der Waals surface area contributed by atoms with E-state index in [0.29, 0.717) is 10.9 Å². The molecule has 2 rings (SSSR count). The number of rotatable bonds is 1. The molecule has 1 aromatic carbocycles. The van der Waals surface area contributed by atoms with Crippen molar-refractivity contribution in [2.24, 2.45) is 5.14 Å². The minimum atomic E-state index is -3.73. The number of aromatic nitrogens is 2. The summed E-state index contributed by atoms with van der Waals surface area (Å²) in [4.78, 5) is 0. The number of nitrogens with zero attached hydrogens (tertiary/aromatic N) is 1. The lowest BCUT2D eigenvalue weighted by Crippen LogP contribution is -2.12. The monoisotopic (exact) mass is 275 g/mol. The van der Waals surface area contributed by atoms with Gasteiger partial charge < -0.3 is 0 Å². The standard InChI is InChI=1S/C7H6BrN3O2S/c8-4-1-2-5-6(3-4)10-11-7(5)14(9,12)13/h1-3H,(H,10,11)(H2,9,12,13). The van der Waals surface area contributed by atoms with Crippen molar-refractivity contribution in [3.63, 3.8) is 0 Å². The fourth-order valence-corrected chi connectivity index (χ4v) is 2.18. The predicted molar refractivity (Wildman–Crippen MR) is 55.2 cm³/mol. The van der Waals surface area contributed by atoms with Crippen LogP contribution in [0.25, 0.3) is 10.9 Å². The average molecular weight is 276 g/mol. The van der Waals surface area contributed by atoms with Gasteiger partial charge in [0.25, 0.3) is 10.0 Å². The van der Waals surface area contributed by atoms with Crippen LogP contribution in [0, 0.1) is 0 Å². The lowest BCUT2D eigenvalue weighted by atomic mass is 10.3. The molecule has 1 aromatic heterocycles. The summed E-state index contributed by atoms with van der Waals surface area (Å²) in [6.45, 7) is 0. The third-order valence-corrected chi connectivity index (χ3v) is 3.14. The van der Waals surface area contributed by atoms with Crippen molar-refractivity contribution in [2.75, 3.05) is 0 Å². The van der Waals surface area contributed by atoms with Crippen molar-refractivity contribution >= 4 is 36.9 Å². The van der Waals surface area contributed by atoms with Gasteiger partial charge >= 0.3 is 0 Å². The molecule has 0 aliphatic rings. The van der Waals surface area contributed by atoms with Crippen LogP contribution < -0.4 is 5.14 Å². The first kappa shape index (κ1) is 9.63. The van der Waals surface area contributed by atoms with Gasteiger partial charge in [-0.05, 0) is 18.2 Å². The minimum Gasteiger partial charge on any atom is -0.265 e. The first-order valence-electron chi connectivity index (χ1n) is 3.65. The van der Waals surface area contributed by atoms with Gasteiger partial charge in [0.1, 0.15) is 0 Å². The summed E-state index contributed by atoms with van der Waals surface area (Å²) in [6.07, 6.45) is 0. The number of benzene rings is 1. The highest BCUT2D eigenvalue weighted by Crippen LogP contribution is 2.22. The summed E-state index contributed by atoms with van der Waals surface area (Å²) >= 11 is 3.26. The first-order valence-corrected chi connectivity index (χ1v) is 5.99. The Morgan fingerprint density at radius 1 is 1.43 bits per heavy atom. The van der Waals surface area contributed by atoms with Gasteiger partial charge in [-0.3, -0.25) is 5.10 Å². The van der Waals surface area contributed by atoms with Gasteiger partial charge in [-0.2, -0.15) is 5.10 Å². The van der Waals surface area contributed by atoms with Gasteiger partial charge in [-0.25, -0.2) is 13.6 Å². The van der Waals surface area contributed by atoms with Crippen molar-refractivity contribution < 1.29 is 8.42 Å². The van der Waals surface area contributed by atoms with Crippen LogP contribution in [0.5, 0.6) is 0 Å². The second kappa shape index (κ2) is 3.04. The fourth-order valence-electron chi connectivity index (χ4n) is 1.18. The van der Waals surface area contributed by atoms with Crippen molar-refractivity contribution in [3.8, 4) is 0 Å². The van der Waals surface area contributed by atoms with Gasteiger partial charge in [0, 0.05) is 9.86 Å². The van der Waals surface area contributed by atoms with Crippen molar-refractivity contribution in [1.82, 2.24) is 10.2 Å². The Bertz CT molecular complexity index is 590. The highest BCUT2D eigenvalue weighted by atomic mass is 79.9. The number of nitrogens with one attached hydrogen (secondary N) is 1. The summed E-state index contributed by atoms with van der Waals surface area (Å²) < 4.78 is 23.0. The molecule has 0 fully saturated rings. The van der Waals surface area contributed by atoms with Crippen LogP contribution in [-0.4, -0.2) is 18.6 Å². The zero-order valence-electron chi connectivity index (χ0n) is 6.86. The Balaban J connectivity index is 2.83. The molecule has 0 amide bonds. The molecule has 0 saturated heterocycles. The molecule has 0 unspecified atom stereocenters. The van der Waals surface area contributed by atoms with E-state index in [4.69, 9.17) is 5.14 Å². The Labute approximate surface area is 88.5 Å². The zero-order valence-corrected chi connectivity index (χ0v) is 9.26. The molecule has 74 valence electrons. The van der Waals surface area contributed by atoms with E-state index in [0.717, 1.165) is 4.47 Å². The molecule has 0 atom stereocenters. The van der Waals surface area contributed by atoms with E-state index in [1.165, 1.54) is 0 Å². The summed E-state index contributed by atoms with van der Waals surface area (Å²) in [5.41, 5.74) is 0.559. The topological polar surface area (TPSA) is 88.8 Å². The van der Waals surface area contributed by atoms with Gasteiger partial charge in [0.05, 0.1) is 5.52 Å². The Kier molecular flexibility index (Phi) is 2.09. The van der Waals surface area contributed by atoms with E-state index in [9.17, 15) is 8.42 Å². The van der Waals surface area contributed by atoms with E-state index in [1.54, 1.807) is 18.2 Å². The second-order valence-electron chi connectivity index (χ2n) is 2.76. The van der Waals surface area contributed by atoms with Gasteiger partial charge in [0.2, 0.25) is 0 Å². The van der Waals surface area contributed by atoms with Crippen LogP contribution >= 0.6 is 15.9 Å². The highest BCUT2D eigenvalue weighted by molar-refractivity contribution is 9.10. The summed E-state index contributed by atoms with van der Waals surface area (Å²) in [5.74, 6) is 0. The molecule has 7 heteroatoms. The Morgan fingerprint density at radius 2 is 2.14 bits per heavy atom. The van der Waals surface area contributed by atoms with Crippen LogP contribution in [0.2, 0.25) is 0 Å². The molecule has 1 heterocycles. The first-order chi connectivity index (χ1) is 6.48. The molecule has 0 radical (unpaired) electrons. The summed E-state index contributed by atoms with van der Waals surface area (Å²) in [7, 11) is -3.73. The van der Waals surface area contributed by atoms with Crippen LogP contribution in [0.4, 0.5) is 0 Å². The number of aromatic amines is 1. The molecule has 0 saturated carbocycles. The lowest BCUT2D eigenvalue weighted by molar-refractivity contribution is 0.594. The lowest BCUT2D eigenvalue weighted by Gasteiger charge is -1.93. The Morgan fingerprint density at radius 3 is 2.79 bits per heavy atom. The normalized spacial score (nSPS) is 12.1. The molecule has 0 spiro atoms. The molecule has 0 aliphatic heterocycles. The van der Waals surface area contributed by atoms with Gasteiger partial charge in [-0.1, -0.05) is 15.9 Å². The fraction of sp³-hybridized carbons (Fsp3) is 0. The van der Waals surface area contributed by atoms with Crippen LogP contribution in [0.1, 0.15) is 0 Å². The number of primary sulfonamides is 1. The van der Waals surface area contributed by atoms with E-state index in [-0.39, 0.29) is 5.03 Å². The number of hydrogen-bond acceptors (Lipinski definition) is 3. The van der Waals surface area contributed by atoms with Crippen LogP contribution in [0.3, 0.4) is 0 Å². The zero-order chi connectivity index (χ0) is 10.3. The summed E-state index contributed by atoms with van der Waals surface area (Å²) in [6, 6.07) is 5.08. The van der Waals surface area contributed by atoms with E-state index >= 15 is 0 Å². The van der Waals surface area contributed by atoms with Gasteiger partial charge in [0.15, 0.2) is 5.03 Å². The largest absolute Gasteiger partial charge is 0.265 e. The average Bonchev–Trinajstić information content (AvgIpc) is 2.45. The van der Waals surface area contributed by atoms with Gasteiger partial charge in [-0.15, -0.1) is 0 Å². The molecule has 3 N–H and O–H groups in total. The second-order valence-corrected chi connectivity index (χ2v) is 5.17. The van der Waals surface area contributed by atoms with Crippen molar-refractivity contribution in [1.29, 1.82) is 0 Å². The quantitative estimate of drug-likeness (QED) is 0.813. The third kappa shape index (κ3) is 1.54. The number of fused-ring (bicyclic) bond motifs is 1. The Hall–Kier alpha value is -0.920. The van der Waals surface area contributed by atoms with Crippen molar-refractivity contribution in [2.45, 2.75) is 5.03 Å². The highest BCUT2D eigenvalue weighted by Gasteiger charge is 2.15. The maximum absolute atomic E-state index is 11.1. The van der Waals surface area contributed by atoms with E-state index < -0.39 is 10.0 Å². The number of sulfonamides is 1. The smallest absolute Gasteiger partial charge is 0.255 e. The van der Waals surface area contributed by atoms with E-state index in [2.05, 4.69) is 26.1 Å². The minimum absolute atomic E-state index is 0.0556. The number of nitrogens with two attached hydrogens (primary N) is 1. The van der Waals surface area contributed by atoms with Crippen molar-refractivity contribution in [3.05, 3.63) is 22.7 Å². The van der Waals surface area contributed by atoms with Crippen LogP contribution in [0.15, 0.2) is 27.7 Å². The third-order valence-electron chi connectivity index (χ3n) is 1.77. The molecule has 5 nitrogen and oxygen atoms in total. The molecule has 14 heavy (non-hydrogen) atoms. The maximum atomic E-state index is 11.1. The predicted octanol–water partition coefficient (Wildman–Crippen LogP) is 0.973. The van der Waals surface area contributed by atoms with Crippen LogP contribution in [-0.2, 0) is 10.0 Å². The molecule has 2 aromatic rings.